The second-order valence-electron chi connectivity index (χ2n) is 9.27. The molecule has 0 spiro atoms. The van der Waals surface area contributed by atoms with Gasteiger partial charge in [0.25, 0.3) is 0 Å². The Kier molecular flexibility index (Phi) is 4.94. The van der Waals surface area contributed by atoms with Crippen molar-refractivity contribution in [3.63, 3.8) is 0 Å². The van der Waals surface area contributed by atoms with Gasteiger partial charge < -0.3 is 25.0 Å². The van der Waals surface area contributed by atoms with Gasteiger partial charge in [-0.25, -0.2) is 0 Å². The molecule has 1 aliphatic carbocycles. The number of ether oxygens (including phenoxy) is 2. The molecular weight excluding hydrogens is 426 g/mol. The summed E-state index contributed by atoms with van der Waals surface area (Å²) in [4.78, 5) is 15.8. The van der Waals surface area contributed by atoms with E-state index in [9.17, 15) is 4.79 Å². The van der Waals surface area contributed by atoms with Crippen molar-refractivity contribution in [2.75, 3.05) is 36.4 Å². The molecule has 3 aromatic carbocycles. The van der Waals surface area contributed by atoms with Crippen LogP contribution in [-0.4, -0.2) is 26.7 Å². The van der Waals surface area contributed by atoms with Gasteiger partial charge in [-0.3, -0.25) is 4.79 Å². The molecule has 172 valence electrons. The van der Waals surface area contributed by atoms with E-state index in [1.807, 2.05) is 50.5 Å². The minimum atomic E-state index is -0.273. The van der Waals surface area contributed by atoms with Gasteiger partial charge in [-0.1, -0.05) is 30.3 Å². The van der Waals surface area contributed by atoms with Crippen molar-refractivity contribution in [2.24, 2.45) is 0 Å². The van der Waals surface area contributed by atoms with Crippen LogP contribution in [-0.2, 0) is 4.79 Å². The van der Waals surface area contributed by atoms with Crippen LogP contribution in [0.2, 0.25) is 0 Å². The highest BCUT2D eigenvalue weighted by molar-refractivity contribution is 6.01. The third-order valence-electron chi connectivity index (χ3n) is 6.92. The fraction of sp³-hybridized carbons (Fsp3) is 0.250. The van der Waals surface area contributed by atoms with E-state index in [1.54, 1.807) is 0 Å². The fourth-order valence-corrected chi connectivity index (χ4v) is 5.12. The van der Waals surface area contributed by atoms with Crippen LogP contribution in [0.15, 0.2) is 78.0 Å². The van der Waals surface area contributed by atoms with Crippen molar-refractivity contribution in [1.29, 1.82) is 0 Å². The summed E-state index contributed by atoms with van der Waals surface area (Å²) in [5.41, 5.74) is 7.07. The predicted octanol–water partition coefficient (Wildman–Crippen LogP) is 5.46. The summed E-state index contributed by atoms with van der Waals surface area (Å²) in [7, 11) is 4.07. The van der Waals surface area contributed by atoms with E-state index >= 15 is 0 Å². The zero-order valence-electron chi connectivity index (χ0n) is 19.3. The van der Waals surface area contributed by atoms with Crippen LogP contribution in [0.25, 0.3) is 0 Å². The minimum Gasteiger partial charge on any atom is -0.454 e. The first kappa shape index (κ1) is 20.7. The molecule has 6 rings (SSSR count). The van der Waals surface area contributed by atoms with Gasteiger partial charge in [0.1, 0.15) is 0 Å². The smallest absolute Gasteiger partial charge is 0.231 e. The van der Waals surface area contributed by atoms with E-state index in [1.165, 1.54) is 5.56 Å². The summed E-state index contributed by atoms with van der Waals surface area (Å²) in [5, 5.41) is 7.23. The highest BCUT2D eigenvalue weighted by atomic mass is 16.7. The lowest BCUT2D eigenvalue weighted by molar-refractivity contribution is -0.116. The molecule has 0 saturated heterocycles. The molecule has 0 amide bonds. The number of ketones is 1. The number of para-hydroxylation sites is 2. The summed E-state index contributed by atoms with van der Waals surface area (Å²) in [6.45, 7) is 0.225. The Balaban J connectivity index is 1.41. The number of rotatable bonds is 3. The highest BCUT2D eigenvalue weighted by Crippen LogP contribution is 2.45. The number of hydrogen-bond acceptors (Lipinski definition) is 6. The Morgan fingerprint density at radius 1 is 0.853 bits per heavy atom. The van der Waals surface area contributed by atoms with Gasteiger partial charge >= 0.3 is 0 Å². The van der Waals surface area contributed by atoms with Gasteiger partial charge in [0.2, 0.25) is 6.79 Å². The molecule has 2 aliphatic heterocycles. The van der Waals surface area contributed by atoms with Crippen molar-refractivity contribution >= 4 is 22.8 Å². The number of benzene rings is 3. The molecule has 34 heavy (non-hydrogen) atoms. The number of nitrogens with zero attached hydrogens (tertiary/aromatic N) is 1. The van der Waals surface area contributed by atoms with Crippen molar-refractivity contribution in [3.05, 3.63) is 89.1 Å². The third-order valence-corrected chi connectivity index (χ3v) is 6.92. The Hall–Kier alpha value is -3.93. The zero-order valence-corrected chi connectivity index (χ0v) is 19.3. The average Bonchev–Trinajstić information content (AvgIpc) is 3.24. The van der Waals surface area contributed by atoms with Crippen molar-refractivity contribution in [1.82, 2.24) is 0 Å². The SMILES string of the molecule is CN(C)c1ccc([C@H]2CC(=O)C3=C(C2)Nc2ccccc2N[C@@H]3c2ccc3c(c2)OCO3)cc1. The maximum absolute atomic E-state index is 13.7. The normalized spacial score (nSPS) is 20.6. The lowest BCUT2D eigenvalue weighted by Crippen LogP contribution is -2.26. The van der Waals surface area contributed by atoms with Gasteiger partial charge in [-0.2, -0.15) is 0 Å². The Morgan fingerprint density at radius 3 is 2.38 bits per heavy atom. The van der Waals surface area contributed by atoms with Crippen molar-refractivity contribution in [3.8, 4) is 11.5 Å². The minimum absolute atomic E-state index is 0.137. The number of fused-ring (bicyclic) bond motifs is 2. The third kappa shape index (κ3) is 3.55. The van der Waals surface area contributed by atoms with Crippen molar-refractivity contribution < 1.29 is 14.3 Å². The van der Waals surface area contributed by atoms with E-state index < -0.39 is 0 Å². The molecule has 2 heterocycles. The fourth-order valence-electron chi connectivity index (χ4n) is 5.12. The number of nitrogens with one attached hydrogen (secondary N) is 2. The van der Waals surface area contributed by atoms with E-state index in [2.05, 4.69) is 45.9 Å². The van der Waals surface area contributed by atoms with E-state index in [-0.39, 0.29) is 24.5 Å². The number of allylic oxidation sites excluding steroid dienone is 1. The van der Waals surface area contributed by atoms with Crippen LogP contribution >= 0.6 is 0 Å². The molecule has 3 aromatic rings. The maximum atomic E-state index is 13.7. The van der Waals surface area contributed by atoms with Crippen LogP contribution in [0.4, 0.5) is 17.1 Å². The van der Waals surface area contributed by atoms with Gasteiger partial charge in [-0.15, -0.1) is 0 Å². The summed E-state index contributed by atoms with van der Waals surface area (Å²) >= 11 is 0. The number of carbonyl (C=O) groups is 1. The standard InChI is InChI=1S/C28H27N3O3/c1-31(2)20-10-7-17(8-11-20)19-13-23-27(24(32)14-19)28(30-22-6-4-3-5-21(22)29-23)18-9-12-25-26(15-18)34-16-33-25/h3-12,15,19,28-30H,13-14,16H2,1-2H3/t19-,28-/m1/s1. The lowest BCUT2D eigenvalue weighted by Gasteiger charge is -2.30. The van der Waals surface area contributed by atoms with Crippen LogP contribution < -0.4 is 25.0 Å². The molecule has 0 unspecified atom stereocenters. The molecule has 2 N–H and O–H groups in total. The molecule has 3 aliphatic rings. The average molecular weight is 454 g/mol. The topological polar surface area (TPSA) is 62.8 Å². The number of anilines is 3. The first-order valence-corrected chi connectivity index (χ1v) is 11.6. The molecule has 0 radical (unpaired) electrons. The number of Topliss-reactive ketones (excluding diaryl/α,β-unsaturated/α-hetero) is 1. The molecule has 0 aromatic heterocycles. The van der Waals surface area contributed by atoms with Gasteiger partial charge in [-0.05, 0) is 59.9 Å². The zero-order chi connectivity index (χ0) is 23.2. The summed E-state index contributed by atoms with van der Waals surface area (Å²) in [6, 6.07) is 22.3. The van der Waals surface area contributed by atoms with Gasteiger partial charge in [0, 0.05) is 37.5 Å². The van der Waals surface area contributed by atoms with Gasteiger partial charge in [0.15, 0.2) is 17.3 Å². The van der Waals surface area contributed by atoms with E-state index in [0.29, 0.717) is 12.2 Å². The first-order valence-electron chi connectivity index (χ1n) is 11.6. The van der Waals surface area contributed by atoms with Gasteiger partial charge in [0.05, 0.1) is 17.4 Å². The summed E-state index contributed by atoms with van der Waals surface area (Å²) in [5.74, 6) is 1.76. The van der Waals surface area contributed by atoms with Crippen LogP contribution in [0.1, 0.15) is 35.9 Å². The Morgan fingerprint density at radius 2 is 1.59 bits per heavy atom. The number of hydrogen-bond donors (Lipinski definition) is 2. The first-order chi connectivity index (χ1) is 16.6. The highest BCUT2D eigenvalue weighted by Gasteiger charge is 2.36. The second-order valence-corrected chi connectivity index (χ2v) is 9.27. The van der Waals surface area contributed by atoms with Crippen LogP contribution in [0.3, 0.4) is 0 Å². The monoisotopic (exact) mass is 453 g/mol. The number of carbonyl (C=O) groups excluding carboxylic acids is 1. The van der Waals surface area contributed by atoms with E-state index in [4.69, 9.17) is 9.47 Å². The molecular formula is C28H27N3O3. The van der Waals surface area contributed by atoms with Crippen LogP contribution in [0, 0.1) is 0 Å². The Labute approximate surface area is 199 Å². The Bertz CT molecular complexity index is 1300. The summed E-state index contributed by atoms with van der Waals surface area (Å²) < 4.78 is 11.1. The predicted molar refractivity (Wildman–Crippen MR) is 134 cm³/mol. The maximum Gasteiger partial charge on any atom is 0.231 e. The van der Waals surface area contributed by atoms with Crippen molar-refractivity contribution in [2.45, 2.75) is 24.8 Å². The summed E-state index contributed by atoms with van der Waals surface area (Å²) in [6.07, 6.45) is 1.26. The quantitative estimate of drug-likeness (QED) is 0.549. The molecule has 0 fully saturated rings. The largest absolute Gasteiger partial charge is 0.454 e. The molecule has 6 nitrogen and oxygen atoms in total. The van der Waals surface area contributed by atoms with E-state index in [0.717, 1.165) is 46.1 Å². The second kappa shape index (κ2) is 8.13. The molecule has 6 heteroatoms. The molecule has 0 saturated carbocycles. The molecule has 0 bridgehead atoms. The lowest BCUT2D eigenvalue weighted by atomic mass is 9.78. The van der Waals surface area contributed by atoms with Crippen LogP contribution in [0.5, 0.6) is 11.5 Å². The molecule has 2 atom stereocenters.